The quantitative estimate of drug-likeness (QED) is 0.773. The summed E-state index contributed by atoms with van der Waals surface area (Å²) in [5.41, 5.74) is 1.69. The van der Waals surface area contributed by atoms with Gasteiger partial charge in [-0.1, -0.05) is 20.8 Å². The first kappa shape index (κ1) is 18.0. The smallest absolute Gasteiger partial charge is 0.321 e. The summed E-state index contributed by atoms with van der Waals surface area (Å²) >= 11 is 0. The van der Waals surface area contributed by atoms with Gasteiger partial charge in [0.2, 0.25) is 0 Å². The number of carboxylic acid groups (broad SMARTS) is 1. The number of aliphatic carboxylic acids is 1. The summed E-state index contributed by atoms with van der Waals surface area (Å²) < 4.78 is 1.98. The molecular weight excluding hydrogens is 284 g/mol. The van der Waals surface area contributed by atoms with Gasteiger partial charge >= 0.3 is 12.0 Å². The topological polar surface area (TPSA) is 87.5 Å². The molecule has 0 unspecified atom stereocenters. The molecule has 0 fully saturated rings. The van der Waals surface area contributed by atoms with E-state index < -0.39 is 5.97 Å². The maximum atomic E-state index is 12.1. The molecule has 0 aromatic carbocycles. The summed E-state index contributed by atoms with van der Waals surface area (Å²) in [7, 11) is 1.58. The zero-order chi connectivity index (χ0) is 16.7. The number of carbonyl (C=O) groups excluding carboxylic acids is 1. The summed E-state index contributed by atoms with van der Waals surface area (Å²) in [6.07, 6.45) is 4.33. The van der Waals surface area contributed by atoms with Gasteiger partial charge in [0.05, 0.1) is 30.0 Å². The number of nitrogens with one attached hydrogen (secondary N) is 1. The highest BCUT2D eigenvalue weighted by molar-refractivity contribution is 5.89. The molecule has 7 heteroatoms. The van der Waals surface area contributed by atoms with Crippen LogP contribution in [-0.4, -0.2) is 45.4 Å². The van der Waals surface area contributed by atoms with Crippen LogP contribution in [0.4, 0.5) is 10.5 Å². The molecule has 2 amide bonds. The third-order valence-electron chi connectivity index (χ3n) is 3.77. The Morgan fingerprint density at radius 2 is 2.00 bits per heavy atom. The van der Waals surface area contributed by atoms with E-state index in [0.717, 1.165) is 25.0 Å². The van der Waals surface area contributed by atoms with Crippen LogP contribution >= 0.6 is 0 Å². The predicted molar refractivity (Wildman–Crippen MR) is 85.1 cm³/mol. The van der Waals surface area contributed by atoms with E-state index in [1.165, 1.54) is 4.90 Å². The van der Waals surface area contributed by atoms with Crippen molar-refractivity contribution in [2.24, 2.45) is 0 Å². The lowest BCUT2D eigenvalue weighted by atomic mass is 10.1. The van der Waals surface area contributed by atoms with Crippen LogP contribution in [0, 0.1) is 0 Å². The minimum absolute atomic E-state index is 0.0719. The number of aromatic nitrogens is 2. The van der Waals surface area contributed by atoms with Crippen molar-refractivity contribution in [3.05, 3.63) is 11.9 Å². The number of carboxylic acids is 1. The molecule has 0 saturated heterocycles. The molecule has 0 bridgehead atoms. The Morgan fingerprint density at radius 3 is 2.50 bits per heavy atom. The van der Waals surface area contributed by atoms with Gasteiger partial charge in [-0.25, -0.2) is 4.79 Å². The van der Waals surface area contributed by atoms with E-state index in [2.05, 4.69) is 24.3 Å². The molecular formula is C15H26N4O3. The molecule has 0 atom stereocenters. The van der Waals surface area contributed by atoms with Crippen molar-refractivity contribution in [3.8, 4) is 0 Å². The van der Waals surface area contributed by atoms with Gasteiger partial charge in [0, 0.05) is 13.6 Å². The Hall–Kier alpha value is -2.05. The first-order valence-electron chi connectivity index (χ1n) is 7.74. The second-order valence-electron chi connectivity index (χ2n) is 5.27. The Morgan fingerprint density at radius 1 is 1.36 bits per heavy atom. The van der Waals surface area contributed by atoms with Crippen LogP contribution in [0.3, 0.4) is 0 Å². The van der Waals surface area contributed by atoms with Gasteiger partial charge in [-0.3, -0.25) is 9.48 Å². The highest BCUT2D eigenvalue weighted by Crippen LogP contribution is 2.23. The maximum Gasteiger partial charge on any atom is 0.321 e. The highest BCUT2D eigenvalue weighted by atomic mass is 16.4. The predicted octanol–water partition coefficient (Wildman–Crippen LogP) is 2.75. The number of urea groups is 1. The van der Waals surface area contributed by atoms with Crippen LogP contribution in [0.15, 0.2) is 6.20 Å². The number of amides is 2. The van der Waals surface area contributed by atoms with E-state index >= 15 is 0 Å². The van der Waals surface area contributed by atoms with Crippen molar-refractivity contribution in [2.45, 2.75) is 52.5 Å². The van der Waals surface area contributed by atoms with Crippen molar-refractivity contribution >= 4 is 17.7 Å². The van der Waals surface area contributed by atoms with E-state index in [9.17, 15) is 9.59 Å². The van der Waals surface area contributed by atoms with Gasteiger partial charge in [-0.15, -0.1) is 0 Å². The van der Waals surface area contributed by atoms with Crippen molar-refractivity contribution in [3.63, 3.8) is 0 Å². The molecule has 0 aliphatic rings. The molecule has 22 heavy (non-hydrogen) atoms. The van der Waals surface area contributed by atoms with E-state index in [4.69, 9.17) is 5.11 Å². The Kier molecular flexibility index (Phi) is 6.88. The first-order valence-corrected chi connectivity index (χ1v) is 7.74. The molecule has 1 aromatic rings. The Balaban J connectivity index is 2.81. The highest BCUT2D eigenvalue weighted by Gasteiger charge is 2.18. The molecule has 0 saturated carbocycles. The lowest BCUT2D eigenvalue weighted by Gasteiger charge is -2.19. The van der Waals surface area contributed by atoms with E-state index in [-0.39, 0.29) is 19.0 Å². The van der Waals surface area contributed by atoms with Gasteiger partial charge in [0.15, 0.2) is 0 Å². The van der Waals surface area contributed by atoms with Crippen molar-refractivity contribution in [1.82, 2.24) is 14.7 Å². The number of anilines is 1. The Bertz CT molecular complexity index is 509. The van der Waals surface area contributed by atoms with Gasteiger partial charge in [-0.05, 0) is 19.3 Å². The van der Waals surface area contributed by atoms with E-state index in [0.29, 0.717) is 11.7 Å². The number of hydrogen-bond acceptors (Lipinski definition) is 3. The van der Waals surface area contributed by atoms with Gasteiger partial charge in [0.25, 0.3) is 0 Å². The summed E-state index contributed by atoms with van der Waals surface area (Å²) in [6.45, 7) is 6.43. The summed E-state index contributed by atoms with van der Waals surface area (Å²) in [5, 5.41) is 15.9. The molecule has 2 N–H and O–H groups in total. The maximum absolute atomic E-state index is 12.1. The minimum atomic E-state index is -0.921. The van der Waals surface area contributed by atoms with Gasteiger partial charge in [-0.2, -0.15) is 5.10 Å². The van der Waals surface area contributed by atoms with Crippen LogP contribution in [0.25, 0.3) is 0 Å². The normalized spacial score (nSPS) is 10.8. The third-order valence-corrected chi connectivity index (χ3v) is 3.77. The molecule has 0 radical (unpaired) electrons. The van der Waals surface area contributed by atoms with E-state index in [1.807, 2.05) is 11.6 Å². The van der Waals surface area contributed by atoms with Gasteiger partial charge < -0.3 is 15.3 Å². The largest absolute Gasteiger partial charge is 0.481 e. The molecule has 1 aromatic heterocycles. The fraction of sp³-hybridized carbons (Fsp3) is 0.667. The van der Waals surface area contributed by atoms with Crippen molar-refractivity contribution in [1.29, 1.82) is 0 Å². The number of nitrogens with zero attached hydrogens (tertiary/aromatic N) is 3. The molecule has 0 spiro atoms. The monoisotopic (exact) mass is 310 g/mol. The van der Waals surface area contributed by atoms with Crippen LogP contribution in [-0.2, 0) is 11.2 Å². The fourth-order valence-corrected chi connectivity index (χ4v) is 2.37. The summed E-state index contributed by atoms with van der Waals surface area (Å²) in [6, 6.07) is 0.00499. The number of rotatable bonds is 8. The standard InChI is InChI=1S/C15H26N4O3/c1-5-11(6-2)19-13(7-3)12(10-16-19)17-15(22)18(4)9-8-14(20)21/h10-11H,5-9H2,1-4H3,(H,17,22)(H,20,21). The molecule has 0 aliphatic carbocycles. The zero-order valence-corrected chi connectivity index (χ0v) is 13.8. The molecule has 7 nitrogen and oxygen atoms in total. The van der Waals surface area contributed by atoms with Crippen molar-refractivity contribution in [2.75, 3.05) is 18.9 Å². The first-order chi connectivity index (χ1) is 10.4. The average Bonchev–Trinajstić information content (AvgIpc) is 2.88. The fourth-order valence-electron chi connectivity index (χ4n) is 2.37. The molecule has 1 rings (SSSR count). The van der Waals surface area contributed by atoms with Crippen molar-refractivity contribution < 1.29 is 14.7 Å². The van der Waals surface area contributed by atoms with Gasteiger partial charge in [0.1, 0.15) is 0 Å². The second-order valence-corrected chi connectivity index (χ2v) is 5.27. The van der Waals surface area contributed by atoms with Crippen LogP contribution in [0.5, 0.6) is 0 Å². The summed E-state index contributed by atoms with van der Waals surface area (Å²) in [5.74, 6) is -0.921. The van der Waals surface area contributed by atoms with Crippen LogP contribution in [0.2, 0.25) is 0 Å². The lowest BCUT2D eigenvalue weighted by Crippen LogP contribution is -2.33. The van der Waals surface area contributed by atoms with Crippen LogP contribution in [0.1, 0.15) is 51.8 Å². The minimum Gasteiger partial charge on any atom is -0.481 e. The SMILES string of the molecule is CCc1c(NC(=O)N(C)CCC(=O)O)cnn1C(CC)CC. The lowest BCUT2D eigenvalue weighted by molar-refractivity contribution is -0.137. The molecule has 0 aliphatic heterocycles. The summed E-state index contributed by atoms with van der Waals surface area (Å²) in [4.78, 5) is 24.0. The Labute approximate surface area is 131 Å². The number of carbonyl (C=O) groups is 2. The zero-order valence-electron chi connectivity index (χ0n) is 13.8. The van der Waals surface area contributed by atoms with Crippen LogP contribution < -0.4 is 5.32 Å². The molecule has 124 valence electrons. The third kappa shape index (κ3) is 4.47. The average molecular weight is 310 g/mol. The second kappa shape index (κ2) is 8.41. The van der Waals surface area contributed by atoms with E-state index in [1.54, 1.807) is 13.2 Å². The molecule has 1 heterocycles. The number of hydrogen-bond donors (Lipinski definition) is 2.